The lowest BCUT2D eigenvalue weighted by Crippen LogP contribution is -2.27. The van der Waals surface area contributed by atoms with Crippen LogP contribution in [0.25, 0.3) is 31.4 Å². The van der Waals surface area contributed by atoms with Gasteiger partial charge in [-0.2, -0.15) is 0 Å². The number of anilines is 1. The molecule has 0 aliphatic heterocycles. The first-order chi connectivity index (χ1) is 13.7. The van der Waals surface area contributed by atoms with E-state index in [2.05, 4.69) is 59.0 Å². The van der Waals surface area contributed by atoms with Crippen molar-refractivity contribution >= 4 is 37.5 Å². The number of hydrogen-bond donors (Lipinski definition) is 1. The number of thiophene rings is 1. The van der Waals surface area contributed by atoms with Crippen molar-refractivity contribution in [1.29, 1.82) is 0 Å². The summed E-state index contributed by atoms with van der Waals surface area (Å²) in [7, 11) is 0. The Kier molecular flexibility index (Phi) is 5.41. The molecular weight excluding hydrogens is 368 g/mol. The minimum atomic E-state index is 0.538. The van der Waals surface area contributed by atoms with Crippen LogP contribution in [0.5, 0.6) is 5.75 Å². The third-order valence-corrected chi connectivity index (χ3v) is 6.18. The molecule has 0 bridgehead atoms. The number of nitrogens with zero attached hydrogens (tertiary/aromatic N) is 3. The van der Waals surface area contributed by atoms with Crippen molar-refractivity contribution in [2.45, 2.75) is 13.8 Å². The molecule has 28 heavy (non-hydrogen) atoms. The first-order valence-corrected chi connectivity index (χ1v) is 10.4. The highest BCUT2D eigenvalue weighted by Crippen LogP contribution is 2.37. The normalized spacial score (nSPS) is 11.5. The van der Waals surface area contributed by atoms with Crippen LogP contribution in [0.1, 0.15) is 13.8 Å². The molecule has 4 rings (SSSR count). The monoisotopic (exact) mass is 392 g/mol. The molecule has 0 unspecified atom stereocenters. The highest BCUT2D eigenvalue weighted by molar-refractivity contribution is 7.26. The van der Waals surface area contributed by atoms with Crippen LogP contribution in [-0.4, -0.2) is 41.1 Å². The molecule has 0 fully saturated rings. The van der Waals surface area contributed by atoms with Crippen LogP contribution < -0.4 is 10.5 Å². The standard InChI is InChI=1S/C22H24N4OS/c1-3-26(4-2)10-11-27-17-7-5-6-15(12-17)16-8-9-18-19(13-16)28-21-20(18)24-14-25-22(21)23/h5-9,12-14H,3-4,10-11H2,1-2H3,(H2,23,24,25). The predicted molar refractivity (Wildman–Crippen MR) is 118 cm³/mol. The molecule has 0 spiro atoms. The Labute approximate surface area is 168 Å². The van der Waals surface area contributed by atoms with Gasteiger partial charge in [0.2, 0.25) is 0 Å². The maximum atomic E-state index is 6.02. The van der Waals surface area contributed by atoms with Gasteiger partial charge in [0.15, 0.2) is 0 Å². The summed E-state index contributed by atoms with van der Waals surface area (Å²) >= 11 is 1.64. The van der Waals surface area contributed by atoms with E-state index in [-0.39, 0.29) is 0 Å². The van der Waals surface area contributed by atoms with Crippen LogP contribution >= 0.6 is 11.3 Å². The van der Waals surface area contributed by atoms with Crippen LogP contribution in [0.3, 0.4) is 0 Å². The van der Waals surface area contributed by atoms with Gasteiger partial charge in [-0.15, -0.1) is 11.3 Å². The molecule has 4 aromatic rings. The molecule has 144 valence electrons. The summed E-state index contributed by atoms with van der Waals surface area (Å²) in [6.45, 7) is 8.07. The highest BCUT2D eigenvalue weighted by atomic mass is 32.1. The minimum Gasteiger partial charge on any atom is -0.492 e. The van der Waals surface area contributed by atoms with E-state index < -0.39 is 0 Å². The number of benzene rings is 2. The maximum Gasteiger partial charge on any atom is 0.144 e. The quantitative estimate of drug-likeness (QED) is 0.489. The van der Waals surface area contributed by atoms with Gasteiger partial charge in [0.05, 0.1) is 10.2 Å². The molecule has 5 nitrogen and oxygen atoms in total. The number of rotatable bonds is 7. The summed E-state index contributed by atoms with van der Waals surface area (Å²) in [5.74, 6) is 1.44. The van der Waals surface area contributed by atoms with E-state index in [0.717, 1.165) is 56.8 Å². The van der Waals surface area contributed by atoms with Gasteiger partial charge in [0.25, 0.3) is 0 Å². The van der Waals surface area contributed by atoms with Crippen LogP contribution in [0, 0.1) is 0 Å². The van der Waals surface area contributed by atoms with E-state index in [9.17, 15) is 0 Å². The van der Waals surface area contributed by atoms with Crippen molar-refractivity contribution in [3.63, 3.8) is 0 Å². The van der Waals surface area contributed by atoms with Gasteiger partial charge in [-0.05, 0) is 42.4 Å². The Hall–Kier alpha value is -2.70. The fourth-order valence-electron chi connectivity index (χ4n) is 3.37. The molecular formula is C22H24N4OS. The molecule has 0 saturated carbocycles. The Morgan fingerprint density at radius 3 is 2.68 bits per heavy atom. The van der Waals surface area contributed by atoms with Crippen LogP contribution in [0.2, 0.25) is 0 Å². The van der Waals surface area contributed by atoms with Crippen molar-refractivity contribution in [3.8, 4) is 16.9 Å². The summed E-state index contributed by atoms with van der Waals surface area (Å²) in [5, 5.41) is 1.12. The average molecular weight is 393 g/mol. The van der Waals surface area contributed by atoms with E-state index in [1.807, 2.05) is 12.1 Å². The average Bonchev–Trinajstić information content (AvgIpc) is 3.11. The number of ether oxygens (including phenoxy) is 1. The second kappa shape index (κ2) is 8.12. The largest absolute Gasteiger partial charge is 0.492 e. The minimum absolute atomic E-state index is 0.538. The maximum absolute atomic E-state index is 6.02. The Balaban J connectivity index is 1.59. The highest BCUT2D eigenvalue weighted by Gasteiger charge is 2.11. The third-order valence-electron chi connectivity index (χ3n) is 5.02. The smallest absolute Gasteiger partial charge is 0.144 e. The van der Waals surface area contributed by atoms with Gasteiger partial charge < -0.3 is 15.4 Å². The summed E-state index contributed by atoms with van der Waals surface area (Å²) in [6, 6.07) is 14.7. The molecule has 0 aliphatic carbocycles. The first kappa shape index (κ1) is 18.7. The van der Waals surface area contributed by atoms with E-state index >= 15 is 0 Å². The summed E-state index contributed by atoms with van der Waals surface area (Å²) in [6.07, 6.45) is 1.52. The molecule has 2 aromatic carbocycles. The van der Waals surface area contributed by atoms with E-state index in [4.69, 9.17) is 10.5 Å². The number of hydrogen-bond acceptors (Lipinski definition) is 6. The van der Waals surface area contributed by atoms with Gasteiger partial charge in [0, 0.05) is 16.6 Å². The number of nitrogens with two attached hydrogens (primary N) is 1. The zero-order valence-corrected chi connectivity index (χ0v) is 17.0. The molecule has 0 saturated heterocycles. The van der Waals surface area contributed by atoms with E-state index in [1.54, 1.807) is 11.3 Å². The lowest BCUT2D eigenvalue weighted by Gasteiger charge is -2.18. The number of likely N-dealkylation sites (N-methyl/N-ethyl adjacent to an activating group) is 1. The topological polar surface area (TPSA) is 64.3 Å². The molecule has 6 heteroatoms. The van der Waals surface area contributed by atoms with Crippen molar-refractivity contribution in [2.75, 3.05) is 32.0 Å². The molecule has 0 aliphatic rings. The van der Waals surface area contributed by atoms with Crippen LogP contribution in [0.4, 0.5) is 5.82 Å². The number of nitrogen functional groups attached to an aromatic ring is 1. The number of fused-ring (bicyclic) bond motifs is 3. The first-order valence-electron chi connectivity index (χ1n) is 9.58. The van der Waals surface area contributed by atoms with Crippen molar-refractivity contribution in [1.82, 2.24) is 14.9 Å². The van der Waals surface area contributed by atoms with E-state index in [0.29, 0.717) is 12.4 Å². The predicted octanol–water partition coefficient (Wildman–Crippen LogP) is 4.81. The van der Waals surface area contributed by atoms with Gasteiger partial charge in [-0.3, -0.25) is 0 Å². The second-order valence-electron chi connectivity index (χ2n) is 6.65. The van der Waals surface area contributed by atoms with E-state index in [1.165, 1.54) is 6.33 Å². The second-order valence-corrected chi connectivity index (χ2v) is 7.71. The van der Waals surface area contributed by atoms with Crippen molar-refractivity contribution < 1.29 is 4.74 Å². The lowest BCUT2D eigenvalue weighted by atomic mass is 10.0. The molecule has 0 amide bonds. The Bertz CT molecular complexity index is 1100. The fourth-order valence-corrected chi connectivity index (χ4v) is 4.47. The van der Waals surface area contributed by atoms with Crippen molar-refractivity contribution in [2.24, 2.45) is 0 Å². The van der Waals surface area contributed by atoms with Gasteiger partial charge in [0.1, 0.15) is 24.5 Å². The molecule has 2 aromatic heterocycles. The zero-order valence-electron chi connectivity index (χ0n) is 16.2. The Morgan fingerprint density at radius 1 is 1.04 bits per heavy atom. The lowest BCUT2D eigenvalue weighted by molar-refractivity contribution is 0.223. The zero-order chi connectivity index (χ0) is 19.5. The van der Waals surface area contributed by atoms with Gasteiger partial charge >= 0.3 is 0 Å². The van der Waals surface area contributed by atoms with Crippen LogP contribution in [-0.2, 0) is 0 Å². The summed E-state index contributed by atoms with van der Waals surface area (Å²) in [5.41, 5.74) is 9.23. The van der Waals surface area contributed by atoms with Gasteiger partial charge in [-0.25, -0.2) is 9.97 Å². The summed E-state index contributed by atoms with van der Waals surface area (Å²) < 4.78 is 8.09. The molecule has 0 atom stereocenters. The number of aromatic nitrogens is 2. The SMILES string of the molecule is CCN(CC)CCOc1cccc(-c2ccc3c(c2)sc2c(N)ncnc23)c1. The third kappa shape index (κ3) is 3.66. The molecule has 2 heterocycles. The summed E-state index contributed by atoms with van der Waals surface area (Å²) in [4.78, 5) is 10.9. The van der Waals surface area contributed by atoms with Crippen LogP contribution in [0.15, 0.2) is 48.8 Å². The molecule has 0 radical (unpaired) electrons. The fraction of sp³-hybridized carbons (Fsp3) is 0.273. The molecule has 2 N–H and O–H groups in total. The Morgan fingerprint density at radius 2 is 1.86 bits per heavy atom. The van der Waals surface area contributed by atoms with Gasteiger partial charge in [-0.1, -0.05) is 38.1 Å². The van der Waals surface area contributed by atoms with Crippen molar-refractivity contribution in [3.05, 3.63) is 48.8 Å².